The first-order valence-electron chi connectivity index (χ1n) is 9.15. The second-order valence-corrected chi connectivity index (χ2v) is 6.59. The molecule has 0 aliphatic rings. The van der Waals surface area contributed by atoms with Gasteiger partial charge in [-0.25, -0.2) is 4.79 Å². The van der Waals surface area contributed by atoms with E-state index in [1.807, 2.05) is 19.1 Å². The third kappa shape index (κ3) is 3.89. The molecule has 4 nitrogen and oxygen atoms in total. The number of carbonyl (C=O) groups is 1. The summed E-state index contributed by atoms with van der Waals surface area (Å²) >= 11 is 0. The van der Waals surface area contributed by atoms with Gasteiger partial charge in [0.05, 0.1) is 6.61 Å². The van der Waals surface area contributed by atoms with E-state index in [9.17, 15) is 9.90 Å². The monoisotopic (exact) mass is 343 g/mol. The smallest absolute Gasteiger partial charge is 0.354 e. The van der Waals surface area contributed by atoms with E-state index >= 15 is 0 Å². The molecule has 1 aromatic heterocycles. The number of aryl methyl sites for hydroxylation is 1. The predicted molar refractivity (Wildman–Crippen MR) is 100 cm³/mol. The Kier molecular flexibility index (Phi) is 6.29. The summed E-state index contributed by atoms with van der Waals surface area (Å²) in [4.78, 5) is 15.4. The van der Waals surface area contributed by atoms with E-state index in [1.54, 1.807) is 19.1 Å². The zero-order valence-corrected chi connectivity index (χ0v) is 15.7. The maximum absolute atomic E-state index is 12.0. The lowest BCUT2D eigenvalue weighted by molar-refractivity contribution is 0.0520. The van der Waals surface area contributed by atoms with Crippen LogP contribution in [0, 0.1) is 6.92 Å². The average molecular weight is 343 g/mol. The molecule has 0 saturated heterocycles. The van der Waals surface area contributed by atoms with Crippen LogP contribution >= 0.6 is 0 Å². The SMILES string of the molecule is CCCC(CCC)(c1ccc(O)c(C)c1)c1ccc(C(=O)OCC)[nH]1. The second-order valence-electron chi connectivity index (χ2n) is 6.59. The van der Waals surface area contributed by atoms with Crippen molar-refractivity contribution in [1.29, 1.82) is 0 Å². The highest BCUT2D eigenvalue weighted by atomic mass is 16.5. The highest BCUT2D eigenvalue weighted by molar-refractivity contribution is 5.87. The highest BCUT2D eigenvalue weighted by Gasteiger charge is 2.34. The Labute approximate surface area is 150 Å². The molecular formula is C21H29NO3. The summed E-state index contributed by atoms with van der Waals surface area (Å²) in [5.74, 6) is -0.0121. The van der Waals surface area contributed by atoms with E-state index in [0.717, 1.165) is 36.9 Å². The quantitative estimate of drug-likeness (QED) is 0.656. The van der Waals surface area contributed by atoms with Gasteiger partial charge in [-0.2, -0.15) is 0 Å². The van der Waals surface area contributed by atoms with E-state index in [0.29, 0.717) is 18.1 Å². The Bertz CT molecular complexity index is 712. The summed E-state index contributed by atoms with van der Waals surface area (Å²) in [7, 11) is 0. The Hall–Kier alpha value is -2.23. The number of hydrogen-bond donors (Lipinski definition) is 2. The van der Waals surface area contributed by atoms with Crippen LogP contribution < -0.4 is 0 Å². The summed E-state index contributed by atoms with van der Waals surface area (Å²) in [6.45, 7) is 8.43. The number of hydrogen-bond acceptors (Lipinski definition) is 3. The van der Waals surface area contributed by atoms with Crippen LogP contribution in [-0.4, -0.2) is 22.7 Å². The van der Waals surface area contributed by atoms with E-state index in [4.69, 9.17) is 4.74 Å². The lowest BCUT2D eigenvalue weighted by atomic mass is 9.70. The van der Waals surface area contributed by atoms with E-state index in [-0.39, 0.29) is 11.4 Å². The van der Waals surface area contributed by atoms with Crippen LogP contribution in [0.5, 0.6) is 5.75 Å². The minimum atomic E-state index is -0.322. The van der Waals surface area contributed by atoms with Crippen LogP contribution in [0.25, 0.3) is 0 Å². The summed E-state index contributed by atoms with van der Waals surface area (Å²) in [5, 5.41) is 9.91. The first-order chi connectivity index (χ1) is 12.0. The van der Waals surface area contributed by atoms with Gasteiger partial charge >= 0.3 is 5.97 Å². The second kappa shape index (κ2) is 8.24. The Morgan fingerprint density at radius 2 is 1.80 bits per heavy atom. The van der Waals surface area contributed by atoms with Gasteiger partial charge in [0, 0.05) is 11.1 Å². The topological polar surface area (TPSA) is 62.3 Å². The van der Waals surface area contributed by atoms with Gasteiger partial charge in [-0.05, 0) is 56.0 Å². The van der Waals surface area contributed by atoms with Crippen LogP contribution in [0.2, 0.25) is 0 Å². The molecule has 0 amide bonds. The van der Waals surface area contributed by atoms with E-state index in [2.05, 4.69) is 24.9 Å². The molecule has 0 saturated carbocycles. The lowest BCUT2D eigenvalue weighted by Gasteiger charge is -2.34. The number of esters is 1. The van der Waals surface area contributed by atoms with Crippen LogP contribution in [0.3, 0.4) is 0 Å². The zero-order valence-electron chi connectivity index (χ0n) is 15.7. The van der Waals surface area contributed by atoms with Crippen molar-refractivity contribution in [3.8, 4) is 5.75 Å². The van der Waals surface area contributed by atoms with Crippen molar-refractivity contribution in [2.24, 2.45) is 0 Å². The summed E-state index contributed by atoms with van der Waals surface area (Å²) in [6, 6.07) is 9.63. The number of aromatic nitrogens is 1. The summed E-state index contributed by atoms with van der Waals surface area (Å²) in [5.41, 5.74) is 3.36. The molecule has 1 aromatic carbocycles. The van der Waals surface area contributed by atoms with Gasteiger partial charge in [0.2, 0.25) is 0 Å². The molecule has 0 fully saturated rings. The maximum Gasteiger partial charge on any atom is 0.354 e. The van der Waals surface area contributed by atoms with Gasteiger partial charge < -0.3 is 14.8 Å². The fourth-order valence-electron chi connectivity index (χ4n) is 3.65. The number of carbonyl (C=O) groups excluding carboxylic acids is 1. The molecule has 2 rings (SSSR count). The van der Waals surface area contributed by atoms with Crippen LogP contribution in [0.4, 0.5) is 0 Å². The third-order valence-corrected chi connectivity index (χ3v) is 4.80. The van der Waals surface area contributed by atoms with Gasteiger partial charge in [-0.1, -0.05) is 38.8 Å². The Balaban J connectivity index is 2.54. The number of ether oxygens (including phenoxy) is 1. The van der Waals surface area contributed by atoms with Crippen LogP contribution in [0.1, 0.15) is 73.8 Å². The summed E-state index contributed by atoms with van der Waals surface area (Å²) in [6.07, 6.45) is 3.98. The van der Waals surface area contributed by atoms with Crippen molar-refractivity contribution in [3.63, 3.8) is 0 Å². The Morgan fingerprint density at radius 3 is 2.36 bits per heavy atom. The minimum Gasteiger partial charge on any atom is -0.508 e. The molecule has 0 radical (unpaired) electrons. The van der Waals surface area contributed by atoms with Gasteiger partial charge in [0.25, 0.3) is 0 Å². The first-order valence-corrected chi connectivity index (χ1v) is 9.15. The molecule has 0 unspecified atom stereocenters. The number of aromatic amines is 1. The van der Waals surface area contributed by atoms with Crippen LogP contribution in [-0.2, 0) is 10.2 Å². The molecule has 0 spiro atoms. The summed E-state index contributed by atoms with van der Waals surface area (Å²) < 4.78 is 5.11. The highest BCUT2D eigenvalue weighted by Crippen LogP contribution is 2.41. The minimum absolute atomic E-state index is 0.202. The molecule has 2 N–H and O–H groups in total. The lowest BCUT2D eigenvalue weighted by Crippen LogP contribution is -2.28. The predicted octanol–water partition coefficient (Wildman–Crippen LogP) is 5.09. The normalized spacial score (nSPS) is 11.5. The van der Waals surface area contributed by atoms with Gasteiger partial charge in [0.15, 0.2) is 0 Å². The molecule has 136 valence electrons. The van der Waals surface area contributed by atoms with Crippen molar-refractivity contribution < 1.29 is 14.6 Å². The van der Waals surface area contributed by atoms with Gasteiger partial charge in [-0.15, -0.1) is 0 Å². The number of benzene rings is 1. The maximum atomic E-state index is 12.0. The largest absolute Gasteiger partial charge is 0.508 e. The van der Waals surface area contributed by atoms with Crippen molar-refractivity contribution in [3.05, 3.63) is 52.8 Å². The number of aromatic hydroxyl groups is 1. The van der Waals surface area contributed by atoms with Crippen molar-refractivity contribution >= 4 is 5.97 Å². The Morgan fingerprint density at radius 1 is 1.12 bits per heavy atom. The third-order valence-electron chi connectivity index (χ3n) is 4.80. The first kappa shape index (κ1) is 19.1. The molecule has 0 atom stereocenters. The van der Waals surface area contributed by atoms with Crippen LogP contribution in [0.15, 0.2) is 30.3 Å². The fourth-order valence-corrected chi connectivity index (χ4v) is 3.65. The molecular weight excluding hydrogens is 314 g/mol. The number of rotatable bonds is 8. The number of nitrogens with one attached hydrogen (secondary N) is 1. The number of H-pyrrole nitrogens is 1. The average Bonchev–Trinajstić information content (AvgIpc) is 3.08. The van der Waals surface area contributed by atoms with Crippen molar-refractivity contribution in [1.82, 2.24) is 4.98 Å². The molecule has 0 bridgehead atoms. The standard InChI is InChI=1S/C21H29NO3/c1-5-12-21(13-6-2,16-8-10-18(23)15(4)14-16)19-11-9-17(22-19)20(24)25-7-3/h8-11,14,22-23H,5-7,12-13H2,1-4H3. The molecule has 1 heterocycles. The molecule has 4 heteroatoms. The van der Waals surface area contributed by atoms with Gasteiger partial charge in [0.1, 0.15) is 11.4 Å². The number of phenols is 1. The number of phenolic OH excluding ortho intramolecular Hbond substituents is 1. The van der Waals surface area contributed by atoms with E-state index in [1.165, 1.54) is 5.56 Å². The van der Waals surface area contributed by atoms with Crippen molar-refractivity contribution in [2.45, 2.75) is 58.8 Å². The molecule has 0 aliphatic heterocycles. The molecule has 25 heavy (non-hydrogen) atoms. The molecule has 2 aromatic rings. The fraction of sp³-hybridized carbons (Fsp3) is 0.476. The van der Waals surface area contributed by atoms with E-state index < -0.39 is 0 Å². The zero-order chi connectivity index (χ0) is 18.4. The van der Waals surface area contributed by atoms with Gasteiger partial charge in [-0.3, -0.25) is 0 Å². The van der Waals surface area contributed by atoms with Crippen molar-refractivity contribution in [2.75, 3.05) is 6.61 Å². The molecule has 0 aliphatic carbocycles.